The van der Waals surface area contributed by atoms with Crippen molar-refractivity contribution in [2.45, 2.75) is 72.6 Å². The fourth-order valence-electron chi connectivity index (χ4n) is 7.26. The van der Waals surface area contributed by atoms with Crippen molar-refractivity contribution >= 4 is 5.97 Å². The second-order valence-electron chi connectivity index (χ2n) is 9.92. The van der Waals surface area contributed by atoms with E-state index >= 15 is 0 Å². The third-order valence-electron chi connectivity index (χ3n) is 8.46. The molecular weight excluding hydrogens is 300 g/mol. The second kappa shape index (κ2) is 6.30. The van der Waals surface area contributed by atoms with Crippen molar-refractivity contribution in [1.29, 1.82) is 0 Å². The van der Waals surface area contributed by atoms with Gasteiger partial charge < -0.3 is 10.2 Å². The minimum atomic E-state index is -0.603. The first-order chi connectivity index (χ1) is 11.2. The largest absolute Gasteiger partial charge is 0.481 e. The number of carboxylic acid groups (broad SMARTS) is 1. The van der Waals surface area contributed by atoms with Crippen LogP contribution in [0.1, 0.15) is 72.6 Å². The molecular formula is C21H36O3. The number of aliphatic carboxylic acids is 1. The summed E-state index contributed by atoms with van der Waals surface area (Å²) in [5.74, 6) is 2.62. The molecule has 24 heavy (non-hydrogen) atoms. The van der Waals surface area contributed by atoms with Crippen LogP contribution in [0.25, 0.3) is 0 Å². The topological polar surface area (TPSA) is 57.5 Å². The van der Waals surface area contributed by atoms with Crippen LogP contribution in [0.5, 0.6) is 0 Å². The summed E-state index contributed by atoms with van der Waals surface area (Å²) in [7, 11) is 0. The first kappa shape index (κ1) is 18.2. The summed E-state index contributed by atoms with van der Waals surface area (Å²) in [5, 5.41) is 20.1. The molecule has 7 atom stereocenters. The highest BCUT2D eigenvalue weighted by atomic mass is 16.4. The van der Waals surface area contributed by atoms with Gasteiger partial charge in [-0.3, -0.25) is 4.79 Å². The molecule has 0 aromatic heterocycles. The van der Waals surface area contributed by atoms with E-state index in [-0.39, 0.29) is 17.9 Å². The van der Waals surface area contributed by atoms with Crippen LogP contribution in [0.3, 0.4) is 0 Å². The zero-order valence-corrected chi connectivity index (χ0v) is 15.9. The summed E-state index contributed by atoms with van der Waals surface area (Å²) < 4.78 is 0. The van der Waals surface area contributed by atoms with Gasteiger partial charge in [0.1, 0.15) is 0 Å². The van der Waals surface area contributed by atoms with Crippen LogP contribution >= 0.6 is 0 Å². The highest BCUT2D eigenvalue weighted by molar-refractivity contribution is 5.75. The Labute approximate surface area is 147 Å². The van der Waals surface area contributed by atoms with E-state index in [1.807, 2.05) is 6.92 Å². The van der Waals surface area contributed by atoms with Gasteiger partial charge in [0.05, 0.1) is 5.41 Å². The second-order valence-corrected chi connectivity index (χ2v) is 9.92. The summed E-state index contributed by atoms with van der Waals surface area (Å²) in [6.45, 7) is 9.26. The lowest BCUT2D eigenvalue weighted by Crippen LogP contribution is -2.58. The zero-order chi connectivity index (χ0) is 17.7. The van der Waals surface area contributed by atoms with Crippen LogP contribution < -0.4 is 0 Å². The normalized spacial score (nSPS) is 48.7. The van der Waals surface area contributed by atoms with Gasteiger partial charge in [0.2, 0.25) is 0 Å². The molecule has 0 saturated heterocycles. The Morgan fingerprint density at radius 2 is 1.88 bits per heavy atom. The number of aliphatic hydroxyl groups excluding tert-OH is 1. The number of aliphatic hydroxyl groups is 1. The van der Waals surface area contributed by atoms with Crippen LogP contribution in [0.4, 0.5) is 0 Å². The zero-order valence-electron chi connectivity index (χ0n) is 15.9. The molecule has 0 radical (unpaired) electrons. The lowest BCUT2D eigenvalue weighted by molar-refractivity contribution is -0.180. The number of fused-ring (bicyclic) bond motifs is 3. The van der Waals surface area contributed by atoms with Crippen molar-refractivity contribution in [3.8, 4) is 0 Å². The van der Waals surface area contributed by atoms with Crippen molar-refractivity contribution in [2.75, 3.05) is 6.61 Å². The van der Waals surface area contributed by atoms with Crippen molar-refractivity contribution in [3.05, 3.63) is 0 Å². The van der Waals surface area contributed by atoms with Crippen molar-refractivity contribution in [3.63, 3.8) is 0 Å². The molecule has 0 aliphatic heterocycles. The van der Waals surface area contributed by atoms with Crippen LogP contribution in [-0.2, 0) is 4.79 Å². The Hall–Kier alpha value is -0.570. The maximum Gasteiger partial charge on any atom is 0.309 e. The maximum atomic E-state index is 12.1. The van der Waals surface area contributed by atoms with Gasteiger partial charge in [-0.15, -0.1) is 0 Å². The van der Waals surface area contributed by atoms with Crippen LogP contribution in [0.2, 0.25) is 0 Å². The molecule has 138 valence electrons. The Balaban J connectivity index is 1.94. The van der Waals surface area contributed by atoms with Gasteiger partial charge >= 0.3 is 5.97 Å². The summed E-state index contributed by atoms with van der Waals surface area (Å²) in [6.07, 6.45) is 7.61. The minimum Gasteiger partial charge on any atom is -0.481 e. The summed E-state index contributed by atoms with van der Waals surface area (Å²) in [6, 6.07) is 0. The lowest BCUT2D eigenvalue weighted by atomic mass is 9.42. The molecule has 0 aromatic rings. The van der Waals surface area contributed by atoms with Crippen LogP contribution in [-0.4, -0.2) is 22.8 Å². The van der Waals surface area contributed by atoms with E-state index in [0.717, 1.165) is 44.4 Å². The molecule has 1 unspecified atom stereocenters. The molecule has 3 aliphatic carbocycles. The first-order valence-corrected chi connectivity index (χ1v) is 10.1. The summed E-state index contributed by atoms with van der Waals surface area (Å²) in [4.78, 5) is 12.1. The summed E-state index contributed by atoms with van der Waals surface area (Å²) in [5.41, 5.74) is -0.490. The third-order valence-corrected chi connectivity index (χ3v) is 8.46. The fraction of sp³-hybridized carbons (Fsp3) is 0.952. The van der Waals surface area contributed by atoms with Gasteiger partial charge in [0.25, 0.3) is 0 Å². The van der Waals surface area contributed by atoms with E-state index in [0.29, 0.717) is 23.7 Å². The SMILES string of the molecule is CC(C)[C@H]1CC(CO)[C@H]2[C@H](CC[C@@H]3[C@]2(C)CCC[C@]3(C)C(=O)O)C1. The molecule has 3 fully saturated rings. The Morgan fingerprint density at radius 1 is 1.17 bits per heavy atom. The number of carboxylic acids is 1. The molecule has 3 heteroatoms. The quantitative estimate of drug-likeness (QED) is 0.793. The molecule has 0 bridgehead atoms. The number of hydrogen-bond donors (Lipinski definition) is 2. The average molecular weight is 337 g/mol. The van der Waals surface area contributed by atoms with Gasteiger partial charge in [-0.2, -0.15) is 0 Å². The van der Waals surface area contributed by atoms with E-state index < -0.39 is 11.4 Å². The molecule has 3 rings (SSSR count). The molecule has 0 heterocycles. The van der Waals surface area contributed by atoms with Crippen LogP contribution in [0.15, 0.2) is 0 Å². The van der Waals surface area contributed by atoms with Crippen molar-refractivity contribution in [2.24, 2.45) is 46.3 Å². The number of rotatable bonds is 3. The first-order valence-electron chi connectivity index (χ1n) is 10.1. The van der Waals surface area contributed by atoms with E-state index in [9.17, 15) is 15.0 Å². The van der Waals surface area contributed by atoms with E-state index in [2.05, 4.69) is 20.8 Å². The van der Waals surface area contributed by atoms with E-state index in [1.165, 1.54) is 6.42 Å². The van der Waals surface area contributed by atoms with Gasteiger partial charge in [-0.25, -0.2) is 0 Å². The molecule has 3 saturated carbocycles. The Kier molecular flexibility index (Phi) is 4.79. The van der Waals surface area contributed by atoms with Gasteiger partial charge in [0.15, 0.2) is 0 Å². The molecule has 0 amide bonds. The van der Waals surface area contributed by atoms with Gasteiger partial charge in [-0.05, 0) is 86.4 Å². The number of carbonyl (C=O) groups is 1. The highest BCUT2D eigenvalue weighted by Crippen LogP contribution is 2.65. The standard InChI is InChI=1S/C21H36O3/c1-13(2)15-10-14-6-7-17-20(3,18(14)16(11-15)12-22)8-5-9-21(17,4)19(23)24/h13-18,22H,5-12H2,1-4H3,(H,23,24)/t14-,15-,16?,17-,18-,20+,21+/m1/s1. The molecule has 2 N–H and O–H groups in total. The fourth-order valence-corrected chi connectivity index (χ4v) is 7.26. The van der Waals surface area contributed by atoms with E-state index in [1.54, 1.807) is 0 Å². The van der Waals surface area contributed by atoms with Crippen molar-refractivity contribution in [1.82, 2.24) is 0 Å². The maximum absolute atomic E-state index is 12.1. The molecule has 0 spiro atoms. The van der Waals surface area contributed by atoms with Gasteiger partial charge in [0, 0.05) is 6.61 Å². The summed E-state index contributed by atoms with van der Waals surface area (Å²) >= 11 is 0. The lowest BCUT2D eigenvalue weighted by Gasteiger charge is -2.62. The molecule has 3 aliphatic rings. The third kappa shape index (κ3) is 2.62. The van der Waals surface area contributed by atoms with E-state index in [4.69, 9.17) is 0 Å². The van der Waals surface area contributed by atoms with Crippen LogP contribution in [0, 0.1) is 46.3 Å². The monoisotopic (exact) mass is 336 g/mol. The average Bonchev–Trinajstić information content (AvgIpc) is 2.53. The molecule has 3 nitrogen and oxygen atoms in total. The highest BCUT2D eigenvalue weighted by Gasteiger charge is 2.61. The Bertz CT molecular complexity index is 479. The number of hydrogen-bond acceptors (Lipinski definition) is 2. The van der Waals surface area contributed by atoms with Gasteiger partial charge in [-0.1, -0.05) is 27.2 Å². The van der Waals surface area contributed by atoms with Crippen molar-refractivity contribution < 1.29 is 15.0 Å². The smallest absolute Gasteiger partial charge is 0.309 e. The Morgan fingerprint density at radius 3 is 2.46 bits per heavy atom. The molecule has 0 aromatic carbocycles. The predicted molar refractivity (Wildman–Crippen MR) is 95.5 cm³/mol. The predicted octanol–water partition coefficient (Wildman–Crippen LogP) is 4.58. The minimum absolute atomic E-state index is 0.0870.